The second-order valence-corrected chi connectivity index (χ2v) is 4.73. The molecule has 1 N–H and O–H groups in total. The van der Waals surface area contributed by atoms with Crippen LogP contribution in [-0.2, 0) is 9.47 Å². The third kappa shape index (κ3) is 2.07. The van der Waals surface area contributed by atoms with E-state index >= 15 is 0 Å². The molecule has 1 aliphatic heterocycles. The van der Waals surface area contributed by atoms with Gasteiger partial charge in [0.05, 0.1) is 0 Å². The van der Waals surface area contributed by atoms with Crippen LogP contribution < -0.4 is 5.32 Å². The van der Waals surface area contributed by atoms with E-state index in [0.29, 0.717) is 0 Å². The number of carbonyl (C=O) groups excluding carboxylic acids is 1. The van der Waals surface area contributed by atoms with Gasteiger partial charge in [-0.2, -0.15) is 0 Å². The summed E-state index contributed by atoms with van der Waals surface area (Å²) < 4.78 is 10.2. The second kappa shape index (κ2) is 4.01. The molecule has 1 aromatic heterocycles. The molecule has 1 aromatic rings. The maximum Gasteiger partial charge on any atom is 0.509 e. The standard InChI is InChI=1S/C6H7N3O3S2/c1-7-4-8-9-5(14-4)13-3-2-11-6(10)12-3/h3H,2H2,1H3,(H,7,8). The minimum Gasteiger partial charge on any atom is -0.429 e. The molecule has 0 radical (unpaired) electrons. The molecular weight excluding hydrogens is 226 g/mol. The number of thioether (sulfide) groups is 1. The molecule has 0 saturated carbocycles. The number of carbonyl (C=O) groups is 1. The Morgan fingerprint density at radius 3 is 3.07 bits per heavy atom. The molecular formula is C6H7N3O3S2. The molecule has 1 fully saturated rings. The maximum absolute atomic E-state index is 10.6. The number of anilines is 1. The molecule has 0 amide bonds. The van der Waals surface area contributed by atoms with Gasteiger partial charge in [0.15, 0.2) is 9.78 Å². The van der Waals surface area contributed by atoms with E-state index in [9.17, 15) is 4.79 Å². The Bertz CT molecular complexity index is 343. The van der Waals surface area contributed by atoms with Crippen molar-refractivity contribution in [1.82, 2.24) is 10.2 Å². The Hall–Kier alpha value is -1.02. The third-order valence-electron chi connectivity index (χ3n) is 1.42. The Kier molecular flexibility index (Phi) is 2.73. The van der Waals surface area contributed by atoms with Crippen LogP contribution in [0.15, 0.2) is 4.34 Å². The molecule has 1 saturated heterocycles. The van der Waals surface area contributed by atoms with Gasteiger partial charge < -0.3 is 14.8 Å². The minimum absolute atomic E-state index is 0.262. The van der Waals surface area contributed by atoms with Crippen LogP contribution in [0.3, 0.4) is 0 Å². The number of aromatic nitrogens is 2. The van der Waals surface area contributed by atoms with E-state index in [-0.39, 0.29) is 12.0 Å². The molecule has 1 atom stereocenters. The number of nitrogens with one attached hydrogen (secondary N) is 1. The van der Waals surface area contributed by atoms with Crippen LogP contribution >= 0.6 is 23.1 Å². The van der Waals surface area contributed by atoms with Gasteiger partial charge in [-0.25, -0.2) is 4.79 Å². The minimum atomic E-state index is -0.624. The van der Waals surface area contributed by atoms with Crippen molar-refractivity contribution in [3.8, 4) is 0 Å². The van der Waals surface area contributed by atoms with Crippen molar-refractivity contribution >= 4 is 34.4 Å². The first-order chi connectivity index (χ1) is 6.78. The van der Waals surface area contributed by atoms with E-state index in [4.69, 9.17) is 4.74 Å². The van der Waals surface area contributed by atoms with Gasteiger partial charge in [-0.05, 0) is 11.8 Å². The predicted octanol–water partition coefficient (Wildman–Crippen LogP) is 1.16. The molecule has 2 rings (SSSR count). The van der Waals surface area contributed by atoms with E-state index in [1.54, 1.807) is 7.05 Å². The second-order valence-electron chi connectivity index (χ2n) is 2.35. The van der Waals surface area contributed by atoms with Crippen molar-refractivity contribution in [2.45, 2.75) is 9.78 Å². The molecule has 2 heterocycles. The average molecular weight is 233 g/mol. The number of rotatable bonds is 3. The molecule has 0 aromatic carbocycles. The zero-order valence-corrected chi connectivity index (χ0v) is 8.85. The fourth-order valence-corrected chi connectivity index (χ4v) is 2.60. The predicted molar refractivity (Wildman–Crippen MR) is 51.5 cm³/mol. The zero-order valence-electron chi connectivity index (χ0n) is 7.22. The van der Waals surface area contributed by atoms with Crippen molar-refractivity contribution in [3.63, 3.8) is 0 Å². The van der Waals surface area contributed by atoms with Crippen LogP contribution in [-0.4, -0.2) is 35.4 Å². The van der Waals surface area contributed by atoms with Crippen LogP contribution in [0, 0.1) is 0 Å². The molecule has 14 heavy (non-hydrogen) atoms. The lowest BCUT2D eigenvalue weighted by Crippen LogP contribution is -2.03. The van der Waals surface area contributed by atoms with Crippen LogP contribution in [0.5, 0.6) is 0 Å². The highest BCUT2D eigenvalue weighted by Crippen LogP contribution is 2.31. The fourth-order valence-electron chi connectivity index (χ4n) is 0.840. The van der Waals surface area contributed by atoms with Gasteiger partial charge in [0.1, 0.15) is 6.61 Å². The Balaban J connectivity index is 1.93. The molecule has 1 unspecified atom stereocenters. The summed E-state index contributed by atoms with van der Waals surface area (Å²) in [7, 11) is 1.77. The van der Waals surface area contributed by atoms with Gasteiger partial charge in [-0.3, -0.25) is 0 Å². The van der Waals surface area contributed by atoms with Crippen molar-refractivity contribution in [2.75, 3.05) is 19.0 Å². The molecule has 6 nitrogen and oxygen atoms in total. The monoisotopic (exact) mass is 233 g/mol. The molecule has 8 heteroatoms. The van der Waals surface area contributed by atoms with Crippen LogP contribution in [0.4, 0.5) is 9.93 Å². The largest absolute Gasteiger partial charge is 0.509 e. The van der Waals surface area contributed by atoms with Crippen molar-refractivity contribution < 1.29 is 14.3 Å². The first-order valence-electron chi connectivity index (χ1n) is 3.79. The van der Waals surface area contributed by atoms with Crippen LogP contribution in [0.1, 0.15) is 0 Å². The third-order valence-corrected chi connectivity index (χ3v) is 3.47. The average Bonchev–Trinajstić information content (AvgIpc) is 2.76. The summed E-state index contributed by atoms with van der Waals surface area (Å²) in [5.74, 6) is 0. The van der Waals surface area contributed by atoms with Crippen LogP contribution in [0.2, 0.25) is 0 Å². The number of cyclic esters (lactones) is 2. The SMILES string of the molecule is CNc1nnc(SC2COC(=O)O2)s1. The summed E-state index contributed by atoms with van der Waals surface area (Å²) in [6.07, 6.45) is -0.624. The summed E-state index contributed by atoms with van der Waals surface area (Å²) >= 11 is 2.73. The van der Waals surface area contributed by atoms with Gasteiger partial charge in [-0.15, -0.1) is 10.2 Å². The number of ether oxygens (including phenoxy) is 2. The highest BCUT2D eigenvalue weighted by molar-refractivity contribution is 8.01. The lowest BCUT2D eigenvalue weighted by molar-refractivity contribution is 0.129. The molecule has 0 aliphatic carbocycles. The first-order valence-corrected chi connectivity index (χ1v) is 5.49. The summed E-state index contributed by atoms with van der Waals surface area (Å²) in [6, 6.07) is 0. The molecule has 1 aliphatic rings. The number of nitrogens with zero attached hydrogens (tertiary/aromatic N) is 2. The zero-order chi connectivity index (χ0) is 9.97. The smallest absolute Gasteiger partial charge is 0.429 e. The summed E-state index contributed by atoms with van der Waals surface area (Å²) in [6.45, 7) is 0.262. The van der Waals surface area contributed by atoms with Crippen LogP contribution in [0.25, 0.3) is 0 Å². The molecule has 0 spiro atoms. The van der Waals surface area contributed by atoms with Gasteiger partial charge in [-0.1, -0.05) is 11.3 Å². The number of hydrogen-bond donors (Lipinski definition) is 1. The summed E-state index contributed by atoms with van der Waals surface area (Å²) in [4.78, 5) is 10.6. The van der Waals surface area contributed by atoms with E-state index in [1.165, 1.54) is 23.1 Å². The van der Waals surface area contributed by atoms with Gasteiger partial charge >= 0.3 is 6.16 Å². The van der Waals surface area contributed by atoms with E-state index in [2.05, 4.69) is 20.3 Å². The van der Waals surface area contributed by atoms with Crippen molar-refractivity contribution in [2.24, 2.45) is 0 Å². The fraction of sp³-hybridized carbons (Fsp3) is 0.500. The Morgan fingerprint density at radius 2 is 2.50 bits per heavy atom. The van der Waals surface area contributed by atoms with Crippen molar-refractivity contribution in [1.29, 1.82) is 0 Å². The Morgan fingerprint density at radius 1 is 1.64 bits per heavy atom. The number of hydrogen-bond acceptors (Lipinski definition) is 8. The van der Waals surface area contributed by atoms with Gasteiger partial charge in [0.25, 0.3) is 0 Å². The Labute approximate surface area is 88.0 Å². The normalized spacial score (nSPS) is 20.4. The lowest BCUT2D eigenvalue weighted by atomic mass is 10.8. The maximum atomic E-state index is 10.6. The van der Waals surface area contributed by atoms with E-state index in [0.717, 1.165) is 9.47 Å². The van der Waals surface area contributed by atoms with E-state index < -0.39 is 6.16 Å². The highest BCUT2D eigenvalue weighted by atomic mass is 32.2. The van der Waals surface area contributed by atoms with Crippen molar-refractivity contribution in [3.05, 3.63) is 0 Å². The summed E-state index contributed by atoms with van der Waals surface area (Å²) in [5.41, 5.74) is -0.305. The highest BCUT2D eigenvalue weighted by Gasteiger charge is 2.27. The topological polar surface area (TPSA) is 73.3 Å². The first kappa shape index (κ1) is 9.53. The van der Waals surface area contributed by atoms with Gasteiger partial charge in [0.2, 0.25) is 5.13 Å². The quantitative estimate of drug-likeness (QED) is 0.785. The van der Waals surface area contributed by atoms with Gasteiger partial charge in [0, 0.05) is 7.05 Å². The summed E-state index contributed by atoms with van der Waals surface area (Å²) in [5, 5.41) is 11.4. The molecule has 76 valence electrons. The molecule has 0 bridgehead atoms. The van der Waals surface area contributed by atoms with E-state index in [1.807, 2.05) is 0 Å². The lowest BCUT2D eigenvalue weighted by Gasteiger charge is -2.00.